The second-order valence-corrected chi connectivity index (χ2v) is 7.48. The van der Waals surface area contributed by atoms with Crippen LogP contribution in [0.15, 0.2) is 35.5 Å². The Bertz CT molecular complexity index is 901. The van der Waals surface area contributed by atoms with Crippen LogP contribution in [0.3, 0.4) is 0 Å². The number of halogens is 1. The van der Waals surface area contributed by atoms with Crippen molar-refractivity contribution in [1.82, 2.24) is 9.47 Å². The van der Waals surface area contributed by atoms with E-state index >= 15 is 0 Å². The van der Waals surface area contributed by atoms with Crippen LogP contribution in [0.2, 0.25) is 5.02 Å². The number of hydrogen-bond acceptors (Lipinski definition) is 3. The van der Waals surface area contributed by atoms with Crippen LogP contribution in [0.25, 0.3) is 11.3 Å². The Hall–Kier alpha value is -2.04. The largest absolute Gasteiger partial charge is 0.367 e. The zero-order valence-electron chi connectivity index (χ0n) is 14.4. The van der Waals surface area contributed by atoms with Crippen molar-refractivity contribution in [3.05, 3.63) is 46.8 Å². The molecule has 5 heteroatoms. The number of aromatic nitrogens is 1. The summed E-state index contributed by atoms with van der Waals surface area (Å²) in [6, 6.07) is 6.37. The predicted octanol–water partition coefficient (Wildman–Crippen LogP) is 3.93. The number of hydrogen-bond donors (Lipinski definition) is 0. The number of aryl methyl sites for hydroxylation is 1. The Morgan fingerprint density at radius 2 is 1.92 bits per heavy atom. The summed E-state index contributed by atoms with van der Waals surface area (Å²) in [5.41, 5.74) is 7.05. The van der Waals surface area contributed by atoms with E-state index in [-0.39, 0.29) is 0 Å². The van der Waals surface area contributed by atoms with Gasteiger partial charge in [0, 0.05) is 44.2 Å². The number of likely N-dealkylation sites (N-methyl/N-ethyl adjacent to an activating group) is 1. The van der Waals surface area contributed by atoms with Crippen LogP contribution in [0.5, 0.6) is 0 Å². The number of nitrogens with zero attached hydrogens (tertiary/aromatic N) is 4. The summed E-state index contributed by atoms with van der Waals surface area (Å²) < 4.78 is 2.24. The third-order valence-electron chi connectivity index (χ3n) is 5.52. The third kappa shape index (κ3) is 2.35. The van der Waals surface area contributed by atoms with E-state index in [1.807, 2.05) is 12.3 Å². The highest BCUT2D eigenvalue weighted by Crippen LogP contribution is 2.44. The Balaban J connectivity index is 1.71. The number of piperazine rings is 1. The SMILES string of the molecule is CN1CCN(c2ccc(Cl)c3c2N=CC2=CCCc4ccn-3c42)CC1. The van der Waals surface area contributed by atoms with Crippen molar-refractivity contribution in [1.29, 1.82) is 0 Å². The molecule has 0 N–H and O–H groups in total. The predicted molar refractivity (Wildman–Crippen MR) is 105 cm³/mol. The smallest absolute Gasteiger partial charge is 0.112 e. The lowest BCUT2D eigenvalue weighted by atomic mass is 9.98. The summed E-state index contributed by atoms with van der Waals surface area (Å²) in [6.45, 7) is 4.19. The standard InChI is InChI=1S/C20H21ClN4/c1-23-9-11-24(12-10-23)17-6-5-16(21)20-18(17)22-13-15-4-2-3-14-7-8-25(20)19(14)15/h4-8,13H,2-3,9-12H2,1H3. The molecule has 2 aromatic rings. The zero-order chi connectivity index (χ0) is 17.0. The Kier molecular flexibility index (Phi) is 3.50. The van der Waals surface area contributed by atoms with Crippen molar-refractivity contribution in [2.75, 3.05) is 38.1 Å². The van der Waals surface area contributed by atoms with Crippen molar-refractivity contribution in [2.24, 2.45) is 4.99 Å². The van der Waals surface area contributed by atoms with E-state index in [2.05, 4.69) is 45.8 Å². The molecule has 128 valence electrons. The maximum Gasteiger partial charge on any atom is 0.112 e. The van der Waals surface area contributed by atoms with E-state index < -0.39 is 0 Å². The molecule has 1 saturated heterocycles. The fraction of sp³-hybridized carbons (Fsp3) is 0.350. The van der Waals surface area contributed by atoms with Crippen molar-refractivity contribution in [3.63, 3.8) is 0 Å². The van der Waals surface area contributed by atoms with E-state index in [0.717, 1.165) is 55.4 Å². The fourth-order valence-corrected chi connectivity index (χ4v) is 4.36. The molecule has 1 aromatic heterocycles. The number of allylic oxidation sites excluding steroid dienone is 2. The highest BCUT2D eigenvalue weighted by Gasteiger charge is 2.26. The molecule has 5 rings (SSSR count). The zero-order valence-corrected chi connectivity index (χ0v) is 15.1. The molecule has 4 nitrogen and oxygen atoms in total. The summed E-state index contributed by atoms with van der Waals surface area (Å²) in [5.74, 6) is 0. The first-order chi connectivity index (χ1) is 12.2. The maximum absolute atomic E-state index is 6.65. The molecular weight excluding hydrogens is 332 g/mol. The highest BCUT2D eigenvalue weighted by atomic mass is 35.5. The van der Waals surface area contributed by atoms with Gasteiger partial charge in [0.25, 0.3) is 0 Å². The average Bonchev–Trinajstić information content (AvgIpc) is 2.97. The van der Waals surface area contributed by atoms with Gasteiger partial charge in [-0.1, -0.05) is 17.7 Å². The summed E-state index contributed by atoms with van der Waals surface area (Å²) >= 11 is 6.65. The van der Waals surface area contributed by atoms with Crippen LogP contribution < -0.4 is 4.90 Å². The van der Waals surface area contributed by atoms with Gasteiger partial charge in [-0.2, -0.15) is 0 Å². The topological polar surface area (TPSA) is 23.8 Å². The van der Waals surface area contributed by atoms with E-state index in [1.165, 1.54) is 22.5 Å². The second-order valence-electron chi connectivity index (χ2n) is 7.07. The maximum atomic E-state index is 6.65. The number of anilines is 1. The normalized spacial score (nSPS) is 19.3. The highest BCUT2D eigenvalue weighted by molar-refractivity contribution is 6.33. The fourth-order valence-electron chi connectivity index (χ4n) is 4.12. The van der Waals surface area contributed by atoms with Crippen LogP contribution in [0.4, 0.5) is 11.4 Å². The summed E-state index contributed by atoms with van der Waals surface area (Å²) in [4.78, 5) is 9.71. The average molecular weight is 353 g/mol. The van der Waals surface area contributed by atoms with Gasteiger partial charge >= 0.3 is 0 Å². The van der Waals surface area contributed by atoms with Gasteiger partial charge in [-0.25, -0.2) is 0 Å². The van der Waals surface area contributed by atoms with Gasteiger partial charge in [0.05, 0.1) is 22.1 Å². The van der Waals surface area contributed by atoms with Crippen LogP contribution >= 0.6 is 11.6 Å². The van der Waals surface area contributed by atoms with E-state index in [4.69, 9.17) is 16.6 Å². The molecule has 0 atom stereocenters. The molecule has 0 bridgehead atoms. The molecule has 0 amide bonds. The van der Waals surface area contributed by atoms with Gasteiger partial charge in [0.1, 0.15) is 5.69 Å². The molecule has 1 aliphatic carbocycles. The number of benzene rings is 1. The quantitative estimate of drug-likeness (QED) is 0.776. The van der Waals surface area contributed by atoms with Crippen LogP contribution in [-0.2, 0) is 6.42 Å². The minimum atomic E-state index is 0.759. The Morgan fingerprint density at radius 3 is 2.76 bits per heavy atom. The van der Waals surface area contributed by atoms with Crippen molar-refractivity contribution in [3.8, 4) is 5.69 Å². The van der Waals surface area contributed by atoms with E-state index in [1.54, 1.807) is 0 Å². The first-order valence-corrected chi connectivity index (χ1v) is 9.31. The monoisotopic (exact) mass is 352 g/mol. The second kappa shape index (κ2) is 5.75. The van der Waals surface area contributed by atoms with E-state index in [9.17, 15) is 0 Å². The number of aliphatic imine (C=N–C) groups is 1. The molecule has 1 fully saturated rings. The van der Waals surface area contributed by atoms with Gasteiger partial charge in [0.15, 0.2) is 0 Å². The summed E-state index contributed by atoms with van der Waals surface area (Å²) in [7, 11) is 2.18. The lowest BCUT2D eigenvalue weighted by Crippen LogP contribution is -2.44. The lowest BCUT2D eigenvalue weighted by molar-refractivity contribution is 0.313. The summed E-state index contributed by atoms with van der Waals surface area (Å²) in [5, 5.41) is 0.759. The molecule has 2 aliphatic heterocycles. The molecule has 3 heterocycles. The molecule has 0 unspecified atom stereocenters. The molecule has 25 heavy (non-hydrogen) atoms. The van der Waals surface area contributed by atoms with Crippen LogP contribution in [0.1, 0.15) is 17.7 Å². The van der Waals surface area contributed by atoms with Crippen LogP contribution in [-0.4, -0.2) is 48.9 Å². The first-order valence-electron chi connectivity index (χ1n) is 8.93. The van der Waals surface area contributed by atoms with E-state index in [0.29, 0.717) is 0 Å². The third-order valence-corrected chi connectivity index (χ3v) is 5.82. The molecular formula is C20H21ClN4. The minimum absolute atomic E-state index is 0.759. The molecule has 0 saturated carbocycles. The van der Waals surface area contributed by atoms with Gasteiger partial charge in [-0.15, -0.1) is 0 Å². The van der Waals surface area contributed by atoms with Gasteiger partial charge in [-0.3, -0.25) is 4.99 Å². The molecule has 0 radical (unpaired) electrons. The number of rotatable bonds is 1. The first kappa shape index (κ1) is 15.2. The van der Waals surface area contributed by atoms with Crippen molar-refractivity contribution in [2.45, 2.75) is 12.8 Å². The van der Waals surface area contributed by atoms with Gasteiger partial charge in [-0.05, 0) is 43.7 Å². The molecule has 3 aliphatic rings. The Labute approximate surface area is 153 Å². The summed E-state index contributed by atoms with van der Waals surface area (Å²) in [6.07, 6.45) is 8.63. The van der Waals surface area contributed by atoms with Crippen molar-refractivity contribution >= 4 is 34.8 Å². The van der Waals surface area contributed by atoms with Crippen LogP contribution in [0, 0.1) is 0 Å². The van der Waals surface area contributed by atoms with Gasteiger partial charge in [0.2, 0.25) is 0 Å². The minimum Gasteiger partial charge on any atom is -0.367 e. The van der Waals surface area contributed by atoms with Gasteiger partial charge < -0.3 is 14.4 Å². The lowest BCUT2D eigenvalue weighted by Gasteiger charge is -2.35. The molecule has 0 spiro atoms. The Morgan fingerprint density at radius 1 is 1.08 bits per heavy atom. The van der Waals surface area contributed by atoms with Crippen molar-refractivity contribution < 1.29 is 0 Å². The number of fused-ring (bicyclic) bond motifs is 2. The molecule has 1 aromatic carbocycles.